The Morgan fingerprint density at radius 3 is 2.65 bits per heavy atom. The van der Waals surface area contributed by atoms with E-state index in [2.05, 4.69) is 20.8 Å². The molecule has 5 unspecified atom stereocenters. The zero-order valence-electron chi connectivity index (χ0n) is 13.3. The number of hydrogen-bond donors (Lipinski definition) is 0. The van der Waals surface area contributed by atoms with Crippen LogP contribution in [0.2, 0.25) is 0 Å². The molecular formula is C17H28O3. The van der Waals surface area contributed by atoms with Gasteiger partial charge >= 0.3 is 5.97 Å². The number of hydrogen-bond acceptors (Lipinski definition) is 3. The fourth-order valence-electron chi connectivity index (χ4n) is 4.75. The largest absolute Gasteiger partial charge is 0.466 e. The van der Waals surface area contributed by atoms with E-state index >= 15 is 0 Å². The second-order valence-corrected chi connectivity index (χ2v) is 8.06. The molecule has 2 saturated carbocycles. The molecule has 1 saturated heterocycles. The van der Waals surface area contributed by atoms with Crippen LogP contribution < -0.4 is 0 Å². The zero-order chi connectivity index (χ0) is 14.5. The van der Waals surface area contributed by atoms with E-state index in [1.807, 2.05) is 0 Å². The van der Waals surface area contributed by atoms with Crippen LogP contribution in [0.3, 0.4) is 0 Å². The first-order chi connectivity index (χ1) is 9.32. The summed E-state index contributed by atoms with van der Waals surface area (Å²) in [4.78, 5) is 11.1. The van der Waals surface area contributed by atoms with Gasteiger partial charge in [0.05, 0.1) is 18.3 Å². The summed E-state index contributed by atoms with van der Waals surface area (Å²) in [5.74, 6) is 1.89. The molecule has 3 rings (SSSR count). The zero-order valence-corrected chi connectivity index (χ0v) is 13.3. The maximum absolute atomic E-state index is 11.1. The van der Waals surface area contributed by atoms with Crippen molar-refractivity contribution in [3.8, 4) is 0 Å². The van der Waals surface area contributed by atoms with Crippen molar-refractivity contribution in [3.63, 3.8) is 0 Å². The summed E-state index contributed by atoms with van der Waals surface area (Å²) in [6.45, 7) is 9.17. The molecule has 0 N–H and O–H groups in total. The topological polar surface area (TPSA) is 38.8 Å². The smallest absolute Gasteiger partial charge is 0.302 e. The standard InChI is InChI=1S/C17H28O3/c1-11(18)19-10-12-5-6-15-17(4,20-15)8-7-14-13(12)9-16(14,2)3/h12-15H,5-10H2,1-4H3. The Balaban J connectivity index is 1.71. The first-order valence-corrected chi connectivity index (χ1v) is 8.13. The molecule has 5 atom stereocenters. The second-order valence-electron chi connectivity index (χ2n) is 8.06. The molecule has 0 aromatic heterocycles. The van der Waals surface area contributed by atoms with Gasteiger partial charge in [-0.25, -0.2) is 0 Å². The third-order valence-electron chi connectivity index (χ3n) is 6.18. The molecule has 114 valence electrons. The van der Waals surface area contributed by atoms with Crippen LogP contribution in [-0.2, 0) is 14.3 Å². The Labute approximate surface area is 122 Å². The van der Waals surface area contributed by atoms with Gasteiger partial charge in [-0.3, -0.25) is 4.79 Å². The van der Waals surface area contributed by atoms with Crippen molar-refractivity contribution < 1.29 is 14.3 Å². The van der Waals surface area contributed by atoms with Crippen molar-refractivity contribution in [1.82, 2.24) is 0 Å². The minimum absolute atomic E-state index is 0.145. The highest BCUT2D eigenvalue weighted by molar-refractivity contribution is 5.65. The number of fused-ring (bicyclic) bond motifs is 2. The van der Waals surface area contributed by atoms with Crippen LogP contribution in [0, 0.1) is 23.2 Å². The summed E-state index contributed by atoms with van der Waals surface area (Å²) in [5.41, 5.74) is 0.594. The van der Waals surface area contributed by atoms with E-state index in [9.17, 15) is 4.79 Å². The van der Waals surface area contributed by atoms with Crippen LogP contribution in [0.1, 0.15) is 59.8 Å². The number of epoxide rings is 1. The molecule has 0 amide bonds. The van der Waals surface area contributed by atoms with Gasteiger partial charge in [0.25, 0.3) is 0 Å². The lowest BCUT2D eigenvalue weighted by Gasteiger charge is -2.55. The van der Waals surface area contributed by atoms with Crippen molar-refractivity contribution in [2.24, 2.45) is 23.2 Å². The molecule has 0 aromatic rings. The lowest BCUT2D eigenvalue weighted by Crippen LogP contribution is -2.48. The van der Waals surface area contributed by atoms with E-state index in [0.717, 1.165) is 24.7 Å². The van der Waals surface area contributed by atoms with Crippen LogP contribution in [0.15, 0.2) is 0 Å². The number of esters is 1. The van der Waals surface area contributed by atoms with Gasteiger partial charge < -0.3 is 9.47 Å². The molecule has 1 aliphatic heterocycles. The van der Waals surface area contributed by atoms with Crippen molar-refractivity contribution in [2.45, 2.75) is 71.5 Å². The third-order valence-corrected chi connectivity index (χ3v) is 6.18. The molecule has 3 aliphatic rings. The van der Waals surface area contributed by atoms with Gasteiger partial charge in [0.1, 0.15) is 0 Å². The fraction of sp³-hybridized carbons (Fsp3) is 0.941. The van der Waals surface area contributed by atoms with E-state index in [0.29, 0.717) is 24.0 Å². The molecule has 0 radical (unpaired) electrons. The van der Waals surface area contributed by atoms with E-state index in [-0.39, 0.29) is 11.6 Å². The maximum Gasteiger partial charge on any atom is 0.302 e. The first kappa shape index (κ1) is 14.4. The SMILES string of the molecule is CC(=O)OCC1CCC2OC2(C)CCC2C1CC2(C)C. The molecule has 0 spiro atoms. The van der Waals surface area contributed by atoms with Gasteiger partial charge in [0.2, 0.25) is 0 Å². The Hall–Kier alpha value is -0.570. The third kappa shape index (κ3) is 2.49. The first-order valence-electron chi connectivity index (χ1n) is 8.13. The summed E-state index contributed by atoms with van der Waals surface area (Å²) >= 11 is 0. The molecule has 3 heteroatoms. The Morgan fingerprint density at radius 1 is 1.25 bits per heavy atom. The van der Waals surface area contributed by atoms with Crippen molar-refractivity contribution >= 4 is 5.97 Å². The van der Waals surface area contributed by atoms with Gasteiger partial charge in [-0.1, -0.05) is 13.8 Å². The summed E-state index contributed by atoms with van der Waals surface area (Å²) < 4.78 is 11.3. The van der Waals surface area contributed by atoms with Crippen molar-refractivity contribution in [1.29, 1.82) is 0 Å². The number of rotatable bonds is 2. The minimum atomic E-state index is -0.146. The predicted molar refractivity (Wildman–Crippen MR) is 77.2 cm³/mol. The summed E-state index contributed by atoms with van der Waals surface area (Å²) in [6, 6.07) is 0. The Bertz CT molecular complexity index is 403. The Morgan fingerprint density at radius 2 is 2.00 bits per heavy atom. The minimum Gasteiger partial charge on any atom is -0.466 e. The summed E-state index contributed by atoms with van der Waals surface area (Å²) in [5, 5.41) is 0. The van der Waals surface area contributed by atoms with Crippen LogP contribution in [0.4, 0.5) is 0 Å². The number of carbonyl (C=O) groups is 1. The average molecular weight is 280 g/mol. The van der Waals surface area contributed by atoms with Crippen molar-refractivity contribution in [3.05, 3.63) is 0 Å². The monoisotopic (exact) mass is 280 g/mol. The second kappa shape index (κ2) is 4.72. The highest BCUT2D eigenvalue weighted by Crippen LogP contribution is 2.59. The highest BCUT2D eigenvalue weighted by atomic mass is 16.6. The number of ether oxygens (including phenoxy) is 2. The van der Waals surface area contributed by atoms with Gasteiger partial charge in [0.15, 0.2) is 0 Å². The van der Waals surface area contributed by atoms with Gasteiger partial charge in [-0.15, -0.1) is 0 Å². The summed E-state index contributed by atoms with van der Waals surface area (Å²) in [7, 11) is 0. The van der Waals surface area contributed by atoms with Crippen molar-refractivity contribution in [2.75, 3.05) is 6.61 Å². The molecule has 0 bridgehead atoms. The van der Waals surface area contributed by atoms with E-state index in [1.54, 1.807) is 0 Å². The summed E-state index contributed by atoms with van der Waals surface area (Å²) in [6.07, 6.45) is 6.47. The normalized spacial score (nSPS) is 45.8. The molecule has 3 fully saturated rings. The molecular weight excluding hydrogens is 252 g/mol. The number of carbonyl (C=O) groups excluding carboxylic acids is 1. The van der Waals surface area contributed by atoms with Crippen LogP contribution in [-0.4, -0.2) is 24.3 Å². The lowest BCUT2D eigenvalue weighted by atomic mass is 9.51. The van der Waals surface area contributed by atoms with Gasteiger partial charge in [-0.2, -0.15) is 0 Å². The Kier molecular flexibility index (Phi) is 3.39. The predicted octanol–water partition coefficient (Wildman–Crippen LogP) is 3.56. The van der Waals surface area contributed by atoms with Crippen LogP contribution in [0.25, 0.3) is 0 Å². The maximum atomic E-state index is 11.1. The molecule has 20 heavy (non-hydrogen) atoms. The van der Waals surface area contributed by atoms with E-state index in [1.165, 1.54) is 26.2 Å². The van der Waals surface area contributed by atoms with Crippen LogP contribution in [0.5, 0.6) is 0 Å². The molecule has 2 aliphatic carbocycles. The quantitative estimate of drug-likeness (QED) is 0.573. The lowest BCUT2D eigenvalue weighted by molar-refractivity contribution is -0.146. The highest BCUT2D eigenvalue weighted by Gasteiger charge is 2.57. The average Bonchev–Trinajstić information content (AvgIpc) is 2.97. The van der Waals surface area contributed by atoms with E-state index < -0.39 is 0 Å². The fourth-order valence-corrected chi connectivity index (χ4v) is 4.75. The van der Waals surface area contributed by atoms with Crippen LogP contribution >= 0.6 is 0 Å². The van der Waals surface area contributed by atoms with E-state index in [4.69, 9.17) is 9.47 Å². The van der Waals surface area contributed by atoms with Gasteiger partial charge in [-0.05, 0) is 62.2 Å². The molecule has 1 heterocycles. The van der Waals surface area contributed by atoms with Gasteiger partial charge in [0, 0.05) is 6.92 Å². The molecule has 3 nitrogen and oxygen atoms in total. The molecule has 0 aromatic carbocycles.